The Morgan fingerprint density at radius 2 is 1.89 bits per heavy atom. The lowest BCUT2D eigenvalue weighted by molar-refractivity contribution is 0.102. The van der Waals surface area contributed by atoms with Gasteiger partial charge >= 0.3 is 0 Å². The Balaban J connectivity index is 2.29. The maximum Gasteiger partial charge on any atom is 0.257 e. The number of rotatable bonds is 2. The fraction of sp³-hybridized carbons (Fsp3) is 0. The molecule has 4 nitrogen and oxygen atoms in total. The van der Waals surface area contributed by atoms with Crippen LogP contribution in [0.3, 0.4) is 0 Å². The van der Waals surface area contributed by atoms with E-state index in [4.69, 9.17) is 5.11 Å². The first-order chi connectivity index (χ1) is 8.97. The number of nitrogens with zero attached hydrogens (tertiary/aromatic N) is 1. The Kier molecular flexibility index (Phi) is 3.37. The lowest BCUT2D eigenvalue weighted by Crippen LogP contribution is -2.14. The van der Waals surface area contributed by atoms with Crippen molar-refractivity contribution in [2.45, 2.75) is 0 Å². The Labute approximate surface area is 105 Å². The minimum atomic E-state index is -1.41. The molecule has 0 atom stereocenters. The maximum atomic E-state index is 13.3. The first-order valence-corrected chi connectivity index (χ1v) is 5.07. The number of benzene rings is 1. The van der Waals surface area contributed by atoms with Crippen LogP contribution < -0.4 is 5.32 Å². The number of halogens is 3. The Morgan fingerprint density at radius 3 is 2.58 bits per heavy atom. The fourth-order valence-corrected chi connectivity index (χ4v) is 1.39. The number of anilines is 1. The molecule has 2 N–H and O–H groups in total. The number of carbonyl (C=O) groups excluding carboxylic acids is 1. The van der Waals surface area contributed by atoms with Crippen molar-refractivity contribution in [3.05, 3.63) is 53.6 Å². The standard InChI is InChI=1S/C12H7F3N2O2/c13-7-2-9(14)11(15)10(3-7)17-12(19)6-1-8(18)5-16-4-6/h1-5,18H,(H,17,19). The molecule has 0 fully saturated rings. The van der Waals surface area contributed by atoms with E-state index in [2.05, 4.69) is 4.98 Å². The highest BCUT2D eigenvalue weighted by molar-refractivity contribution is 6.04. The molecule has 0 unspecified atom stereocenters. The summed E-state index contributed by atoms with van der Waals surface area (Å²) >= 11 is 0. The van der Waals surface area contributed by atoms with Gasteiger partial charge in [-0.2, -0.15) is 0 Å². The molecular weight excluding hydrogens is 261 g/mol. The molecule has 0 bridgehead atoms. The molecule has 2 aromatic rings. The van der Waals surface area contributed by atoms with Gasteiger partial charge in [0.05, 0.1) is 17.4 Å². The van der Waals surface area contributed by atoms with Crippen molar-refractivity contribution < 1.29 is 23.1 Å². The molecule has 1 heterocycles. The van der Waals surface area contributed by atoms with Gasteiger partial charge in [-0.3, -0.25) is 9.78 Å². The molecule has 0 radical (unpaired) electrons. The van der Waals surface area contributed by atoms with Gasteiger partial charge < -0.3 is 10.4 Å². The first kappa shape index (κ1) is 12.9. The van der Waals surface area contributed by atoms with Gasteiger partial charge in [0, 0.05) is 18.3 Å². The van der Waals surface area contributed by atoms with E-state index >= 15 is 0 Å². The molecule has 0 aliphatic rings. The Morgan fingerprint density at radius 1 is 1.16 bits per heavy atom. The van der Waals surface area contributed by atoms with Crippen LogP contribution in [0.25, 0.3) is 0 Å². The second kappa shape index (κ2) is 4.97. The summed E-state index contributed by atoms with van der Waals surface area (Å²) in [5.74, 6) is -4.93. The van der Waals surface area contributed by atoms with Gasteiger partial charge in [-0.15, -0.1) is 0 Å². The quantitative estimate of drug-likeness (QED) is 0.822. The topological polar surface area (TPSA) is 62.2 Å². The van der Waals surface area contributed by atoms with Crippen LogP contribution in [-0.4, -0.2) is 16.0 Å². The number of pyridine rings is 1. The largest absolute Gasteiger partial charge is 0.506 e. The van der Waals surface area contributed by atoms with Crippen LogP contribution in [-0.2, 0) is 0 Å². The van der Waals surface area contributed by atoms with Gasteiger partial charge in [-0.05, 0) is 6.07 Å². The molecule has 19 heavy (non-hydrogen) atoms. The highest BCUT2D eigenvalue weighted by atomic mass is 19.2. The van der Waals surface area contributed by atoms with E-state index in [0.29, 0.717) is 12.1 Å². The smallest absolute Gasteiger partial charge is 0.257 e. The van der Waals surface area contributed by atoms with Gasteiger partial charge in [0.15, 0.2) is 11.6 Å². The van der Waals surface area contributed by atoms with Crippen LogP contribution in [0.2, 0.25) is 0 Å². The molecular formula is C12H7F3N2O2. The molecule has 1 aromatic heterocycles. The van der Waals surface area contributed by atoms with E-state index in [1.807, 2.05) is 5.32 Å². The van der Waals surface area contributed by atoms with Crippen LogP contribution in [0.15, 0.2) is 30.6 Å². The van der Waals surface area contributed by atoms with Crippen molar-refractivity contribution in [2.24, 2.45) is 0 Å². The van der Waals surface area contributed by atoms with E-state index in [9.17, 15) is 18.0 Å². The monoisotopic (exact) mass is 268 g/mol. The number of aromatic nitrogens is 1. The predicted molar refractivity (Wildman–Crippen MR) is 60.2 cm³/mol. The second-order valence-corrected chi connectivity index (χ2v) is 3.64. The first-order valence-electron chi connectivity index (χ1n) is 5.07. The van der Waals surface area contributed by atoms with Crippen molar-refractivity contribution in [3.8, 4) is 5.75 Å². The summed E-state index contributed by atoms with van der Waals surface area (Å²) < 4.78 is 39.2. The lowest BCUT2D eigenvalue weighted by atomic mass is 10.2. The molecule has 98 valence electrons. The van der Waals surface area contributed by atoms with E-state index in [-0.39, 0.29) is 11.3 Å². The van der Waals surface area contributed by atoms with E-state index in [0.717, 1.165) is 18.5 Å². The minimum Gasteiger partial charge on any atom is -0.506 e. The van der Waals surface area contributed by atoms with Crippen LogP contribution in [0, 0.1) is 17.5 Å². The fourth-order valence-electron chi connectivity index (χ4n) is 1.39. The van der Waals surface area contributed by atoms with Crippen LogP contribution >= 0.6 is 0 Å². The van der Waals surface area contributed by atoms with E-state index in [1.54, 1.807) is 0 Å². The highest BCUT2D eigenvalue weighted by Gasteiger charge is 2.15. The Hall–Kier alpha value is -2.57. The van der Waals surface area contributed by atoms with Gasteiger partial charge in [-0.25, -0.2) is 13.2 Å². The minimum absolute atomic E-state index is 0.0796. The average Bonchev–Trinajstić information content (AvgIpc) is 2.35. The molecule has 0 saturated carbocycles. The van der Waals surface area contributed by atoms with Gasteiger partial charge in [0.2, 0.25) is 0 Å². The van der Waals surface area contributed by atoms with Crippen molar-refractivity contribution in [2.75, 3.05) is 5.32 Å². The third-order valence-electron chi connectivity index (χ3n) is 2.23. The van der Waals surface area contributed by atoms with Gasteiger partial charge in [0.1, 0.15) is 11.6 Å². The molecule has 0 aliphatic carbocycles. The Bertz CT molecular complexity index is 647. The highest BCUT2D eigenvalue weighted by Crippen LogP contribution is 2.20. The summed E-state index contributed by atoms with van der Waals surface area (Å²) in [5.41, 5.74) is -0.713. The summed E-state index contributed by atoms with van der Waals surface area (Å²) in [7, 11) is 0. The van der Waals surface area contributed by atoms with Gasteiger partial charge in [-0.1, -0.05) is 0 Å². The zero-order chi connectivity index (χ0) is 14.0. The third-order valence-corrected chi connectivity index (χ3v) is 2.23. The van der Waals surface area contributed by atoms with Crippen molar-refractivity contribution in [1.82, 2.24) is 4.98 Å². The number of hydrogen-bond acceptors (Lipinski definition) is 3. The number of amides is 1. The van der Waals surface area contributed by atoms with Crippen molar-refractivity contribution in [1.29, 1.82) is 0 Å². The summed E-state index contributed by atoms with van der Waals surface area (Å²) in [4.78, 5) is 15.2. The summed E-state index contributed by atoms with van der Waals surface area (Å²) in [5, 5.41) is 11.1. The van der Waals surface area contributed by atoms with Gasteiger partial charge in [0.25, 0.3) is 5.91 Å². The SMILES string of the molecule is O=C(Nc1cc(F)cc(F)c1F)c1cncc(O)c1. The van der Waals surface area contributed by atoms with Crippen LogP contribution in [0.1, 0.15) is 10.4 Å². The predicted octanol–water partition coefficient (Wildman–Crippen LogP) is 2.46. The van der Waals surface area contributed by atoms with Crippen LogP contribution in [0.5, 0.6) is 5.75 Å². The molecule has 0 spiro atoms. The maximum absolute atomic E-state index is 13.3. The summed E-state index contributed by atoms with van der Waals surface area (Å²) in [6.45, 7) is 0. The zero-order valence-corrected chi connectivity index (χ0v) is 9.32. The van der Waals surface area contributed by atoms with Crippen molar-refractivity contribution >= 4 is 11.6 Å². The van der Waals surface area contributed by atoms with E-state index < -0.39 is 29.0 Å². The number of nitrogens with one attached hydrogen (secondary N) is 1. The van der Waals surface area contributed by atoms with Crippen molar-refractivity contribution in [3.63, 3.8) is 0 Å². The van der Waals surface area contributed by atoms with E-state index in [1.165, 1.54) is 0 Å². The molecule has 2 rings (SSSR count). The molecule has 0 aliphatic heterocycles. The molecule has 7 heteroatoms. The number of hydrogen-bond donors (Lipinski definition) is 2. The number of aromatic hydroxyl groups is 1. The van der Waals surface area contributed by atoms with Crippen LogP contribution in [0.4, 0.5) is 18.9 Å². The summed E-state index contributed by atoms with van der Waals surface area (Å²) in [6, 6.07) is 2.09. The molecule has 1 amide bonds. The molecule has 1 aromatic carbocycles. The molecule has 0 saturated heterocycles. The number of carbonyl (C=O) groups is 1. The second-order valence-electron chi connectivity index (χ2n) is 3.64. The zero-order valence-electron chi connectivity index (χ0n) is 9.32. The lowest BCUT2D eigenvalue weighted by Gasteiger charge is -2.07. The third kappa shape index (κ3) is 2.82. The summed E-state index contributed by atoms with van der Waals surface area (Å²) in [6.07, 6.45) is 2.21. The normalized spacial score (nSPS) is 10.3. The average molecular weight is 268 g/mol.